The highest BCUT2D eigenvalue weighted by Crippen LogP contribution is 2.22. The topological polar surface area (TPSA) is 53.2 Å². The molecule has 4 heteroatoms. The zero-order valence-electron chi connectivity index (χ0n) is 12.8. The van der Waals surface area contributed by atoms with E-state index < -0.39 is 0 Å². The molecule has 2 aromatic rings. The number of carbonyl (C=O) groups is 1. The highest BCUT2D eigenvalue weighted by Gasteiger charge is 2.12. The molecule has 0 spiro atoms. The van der Waals surface area contributed by atoms with Gasteiger partial charge in [-0.15, -0.1) is 0 Å². The maximum absolute atomic E-state index is 12.1. The lowest BCUT2D eigenvalue weighted by atomic mass is 10.0. The monoisotopic (exact) mass is 297 g/mol. The Bertz CT molecular complexity index is 630. The molecule has 3 N–H and O–H groups in total. The van der Waals surface area contributed by atoms with Gasteiger partial charge in [0.2, 0.25) is 0 Å². The number of urea groups is 1. The molecule has 0 aliphatic carbocycles. The Kier molecular flexibility index (Phi) is 4.91. The molecule has 0 radical (unpaired) electrons. The van der Waals surface area contributed by atoms with E-state index in [0.717, 1.165) is 29.4 Å². The number of rotatable bonds is 4. The summed E-state index contributed by atoms with van der Waals surface area (Å²) >= 11 is 0. The van der Waals surface area contributed by atoms with Crippen molar-refractivity contribution in [2.45, 2.75) is 31.7 Å². The number of carbonyl (C=O) groups excluding carboxylic acids is 1. The highest BCUT2D eigenvalue weighted by atomic mass is 16.2. The summed E-state index contributed by atoms with van der Waals surface area (Å²) in [5, 5.41) is 11.6. The van der Waals surface area contributed by atoms with E-state index in [4.69, 9.17) is 0 Å². The van der Waals surface area contributed by atoms with Gasteiger partial charge in [0.25, 0.3) is 0 Å². The fourth-order valence-corrected chi connectivity index (χ4v) is 3.03. The van der Waals surface area contributed by atoms with E-state index in [1.165, 1.54) is 19.3 Å². The summed E-state index contributed by atoms with van der Waals surface area (Å²) in [6, 6.07) is 14.4. The molecule has 1 fully saturated rings. The number of amides is 2. The van der Waals surface area contributed by atoms with Gasteiger partial charge in [0.05, 0.1) is 5.69 Å². The third kappa shape index (κ3) is 3.77. The summed E-state index contributed by atoms with van der Waals surface area (Å²) < 4.78 is 0. The minimum atomic E-state index is -0.132. The van der Waals surface area contributed by atoms with Gasteiger partial charge in [-0.05, 0) is 37.3 Å². The SMILES string of the molecule is O=C(NCCC1CCCCN1)Nc1cccc2ccccc12. The second kappa shape index (κ2) is 7.27. The first-order valence-corrected chi connectivity index (χ1v) is 8.09. The Labute approximate surface area is 131 Å². The van der Waals surface area contributed by atoms with E-state index in [1.54, 1.807) is 0 Å². The van der Waals surface area contributed by atoms with Crippen molar-refractivity contribution in [2.24, 2.45) is 0 Å². The van der Waals surface area contributed by atoms with Crippen molar-refractivity contribution >= 4 is 22.5 Å². The van der Waals surface area contributed by atoms with Crippen molar-refractivity contribution in [2.75, 3.05) is 18.4 Å². The van der Waals surface area contributed by atoms with Gasteiger partial charge in [0.15, 0.2) is 0 Å². The van der Waals surface area contributed by atoms with E-state index >= 15 is 0 Å². The Morgan fingerprint density at radius 1 is 1.14 bits per heavy atom. The highest BCUT2D eigenvalue weighted by molar-refractivity contribution is 6.01. The van der Waals surface area contributed by atoms with Gasteiger partial charge in [0, 0.05) is 18.0 Å². The average molecular weight is 297 g/mol. The number of benzene rings is 2. The summed E-state index contributed by atoms with van der Waals surface area (Å²) in [6.45, 7) is 1.81. The lowest BCUT2D eigenvalue weighted by Crippen LogP contribution is -2.38. The van der Waals surface area contributed by atoms with Crippen LogP contribution in [-0.2, 0) is 0 Å². The van der Waals surface area contributed by atoms with Crippen molar-refractivity contribution in [1.29, 1.82) is 0 Å². The van der Waals surface area contributed by atoms with Gasteiger partial charge in [-0.3, -0.25) is 0 Å². The van der Waals surface area contributed by atoms with E-state index in [9.17, 15) is 4.79 Å². The van der Waals surface area contributed by atoms with E-state index in [2.05, 4.69) is 16.0 Å². The Morgan fingerprint density at radius 2 is 2.00 bits per heavy atom. The van der Waals surface area contributed by atoms with Crippen molar-refractivity contribution in [3.05, 3.63) is 42.5 Å². The summed E-state index contributed by atoms with van der Waals surface area (Å²) in [4.78, 5) is 12.1. The number of anilines is 1. The predicted molar refractivity (Wildman–Crippen MR) is 91.2 cm³/mol. The molecule has 22 heavy (non-hydrogen) atoms. The van der Waals surface area contributed by atoms with Crippen LogP contribution >= 0.6 is 0 Å². The lowest BCUT2D eigenvalue weighted by molar-refractivity contribution is 0.251. The average Bonchev–Trinajstić information content (AvgIpc) is 2.56. The molecule has 4 nitrogen and oxygen atoms in total. The van der Waals surface area contributed by atoms with Crippen LogP contribution in [0.2, 0.25) is 0 Å². The van der Waals surface area contributed by atoms with Crippen LogP contribution in [0.5, 0.6) is 0 Å². The summed E-state index contributed by atoms with van der Waals surface area (Å²) in [5.41, 5.74) is 0.853. The molecule has 1 atom stereocenters. The summed E-state index contributed by atoms with van der Waals surface area (Å²) in [5.74, 6) is 0. The fourth-order valence-electron chi connectivity index (χ4n) is 3.03. The number of piperidine rings is 1. The number of hydrogen-bond donors (Lipinski definition) is 3. The molecule has 2 aromatic carbocycles. The number of hydrogen-bond acceptors (Lipinski definition) is 2. The van der Waals surface area contributed by atoms with Crippen LogP contribution in [0.4, 0.5) is 10.5 Å². The van der Waals surface area contributed by atoms with Crippen LogP contribution in [0.3, 0.4) is 0 Å². The molecular weight excluding hydrogens is 274 g/mol. The largest absolute Gasteiger partial charge is 0.338 e. The molecule has 1 saturated heterocycles. The smallest absolute Gasteiger partial charge is 0.319 e. The van der Waals surface area contributed by atoms with Gasteiger partial charge in [-0.1, -0.05) is 42.8 Å². The zero-order valence-corrected chi connectivity index (χ0v) is 12.8. The molecule has 1 unspecified atom stereocenters. The van der Waals surface area contributed by atoms with Gasteiger partial charge < -0.3 is 16.0 Å². The second-order valence-corrected chi connectivity index (χ2v) is 5.84. The molecule has 116 valence electrons. The Balaban J connectivity index is 1.52. The van der Waals surface area contributed by atoms with Crippen molar-refractivity contribution in [1.82, 2.24) is 10.6 Å². The first-order chi connectivity index (χ1) is 10.8. The van der Waals surface area contributed by atoms with Gasteiger partial charge >= 0.3 is 6.03 Å². The van der Waals surface area contributed by atoms with E-state index in [0.29, 0.717) is 12.6 Å². The molecule has 1 aliphatic rings. The van der Waals surface area contributed by atoms with Crippen LogP contribution < -0.4 is 16.0 Å². The van der Waals surface area contributed by atoms with Crippen molar-refractivity contribution < 1.29 is 4.79 Å². The van der Waals surface area contributed by atoms with Crippen molar-refractivity contribution in [3.63, 3.8) is 0 Å². The quantitative estimate of drug-likeness (QED) is 0.809. The minimum Gasteiger partial charge on any atom is -0.338 e. The molecule has 3 rings (SSSR count). The maximum Gasteiger partial charge on any atom is 0.319 e. The first kappa shape index (κ1) is 14.9. The first-order valence-electron chi connectivity index (χ1n) is 8.09. The van der Waals surface area contributed by atoms with Crippen LogP contribution in [0.15, 0.2) is 42.5 Å². The molecular formula is C18H23N3O. The van der Waals surface area contributed by atoms with Gasteiger partial charge in [-0.2, -0.15) is 0 Å². The molecule has 2 amide bonds. The molecule has 0 aromatic heterocycles. The fraction of sp³-hybridized carbons (Fsp3) is 0.389. The standard InChI is InChI=1S/C18H23N3O/c22-18(20-13-11-15-8-3-4-12-19-15)21-17-10-5-7-14-6-1-2-9-16(14)17/h1-2,5-7,9-10,15,19H,3-4,8,11-13H2,(H2,20,21,22). The normalized spacial score (nSPS) is 18.1. The van der Waals surface area contributed by atoms with Crippen LogP contribution in [0.25, 0.3) is 10.8 Å². The zero-order chi connectivity index (χ0) is 15.2. The van der Waals surface area contributed by atoms with Crippen molar-refractivity contribution in [3.8, 4) is 0 Å². The third-order valence-corrected chi connectivity index (χ3v) is 4.23. The molecule has 0 bridgehead atoms. The number of nitrogens with one attached hydrogen (secondary N) is 3. The van der Waals surface area contributed by atoms with Gasteiger partial charge in [-0.25, -0.2) is 4.79 Å². The second-order valence-electron chi connectivity index (χ2n) is 5.84. The Morgan fingerprint density at radius 3 is 2.86 bits per heavy atom. The van der Waals surface area contributed by atoms with Crippen LogP contribution in [-0.4, -0.2) is 25.2 Å². The summed E-state index contributed by atoms with van der Waals surface area (Å²) in [7, 11) is 0. The van der Waals surface area contributed by atoms with Crippen LogP contribution in [0.1, 0.15) is 25.7 Å². The van der Waals surface area contributed by atoms with Crippen LogP contribution in [0, 0.1) is 0 Å². The minimum absolute atomic E-state index is 0.132. The lowest BCUT2D eigenvalue weighted by Gasteiger charge is -2.23. The number of fused-ring (bicyclic) bond motifs is 1. The molecule has 1 aliphatic heterocycles. The van der Waals surface area contributed by atoms with E-state index in [1.807, 2.05) is 42.5 Å². The predicted octanol–water partition coefficient (Wildman–Crippen LogP) is 3.49. The third-order valence-electron chi connectivity index (χ3n) is 4.23. The van der Waals surface area contributed by atoms with E-state index in [-0.39, 0.29) is 6.03 Å². The molecule has 0 saturated carbocycles. The molecule has 1 heterocycles. The van der Waals surface area contributed by atoms with Gasteiger partial charge in [0.1, 0.15) is 0 Å². The summed E-state index contributed by atoms with van der Waals surface area (Å²) in [6.07, 6.45) is 4.76. The maximum atomic E-state index is 12.1. The Hall–Kier alpha value is -2.07.